The van der Waals surface area contributed by atoms with E-state index < -0.39 is 0 Å². The van der Waals surface area contributed by atoms with E-state index in [1.807, 2.05) is 16.8 Å². The van der Waals surface area contributed by atoms with E-state index in [0.29, 0.717) is 6.04 Å². The summed E-state index contributed by atoms with van der Waals surface area (Å²) in [5.41, 5.74) is 3.54. The number of carbonyl (C=O) groups excluding carboxylic acids is 1. The zero-order valence-corrected chi connectivity index (χ0v) is 18.1. The molecule has 4 heteroatoms. The highest BCUT2D eigenvalue weighted by molar-refractivity contribution is 7.08. The van der Waals surface area contributed by atoms with Crippen LogP contribution in [0, 0.1) is 5.92 Å². The predicted molar refractivity (Wildman–Crippen MR) is 117 cm³/mol. The van der Waals surface area contributed by atoms with E-state index >= 15 is 0 Å². The van der Waals surface area contributed by atoms with Crippen molar-refractivity contribution in [3.05, 3.63) is 57.8 Å². The molecular formula is C24H32N2OS. The lowest BCUT2D eigenvalue weighted by Crippen LogP contribution is -2.64. The summed E-state index contributed by atoms with van der Waals surface area (Å²) in [5, 5.41) is 7.38. The molecule has 2 fully saturated rings. The standard InChI is InChI=1S/C24H32N2OS/c1-4-19-7-5-6-8-21(19)24(3)12-13-26(15-18-9-10-18)17(2)22(24)25-23(27)20-11-14-28-16-20/h5-8,11,14,16-18,22H,4,9-10,12-13,15H2,1-3H3,(H,25,27)/t17-,22+,24-/m1/s1. The summed E-state index contributed by atoms with van der Waals surface area (Å²) < 4.78 is 0. The van der Waals surface area contributed by atoms with Crippen molar-refractivity contribution in [1.29, 1.82) is 0 Å². The van der Waals surface area contributed by atoms with E-state index in [1.54, 1.807) is 11.3 Å². The van der Waals surface area contributed by atoms with Gasteiger partial charge in [0.15, 0.2) is 0 Å². The fourth-order valence-electron chi connectivity index (χ4n) is 4.95. The monoisotopic (exact) mass is 396 g/mol. The largest absolute Gasteiger partial charge is 0.347 e. The molecule has 1 saturated carbocycles. The highest BCUT2D eigenvalue weighted by Gasteiger charge is 2.47. The Morgan fingerprint density at radius 3 is 2.75 bits per heavy atom. The average molecular weight is 397 g/mol. The fourth-order valence-corrected chi connectivity index (χ4v) is 5.59. The number of thiophene rings is 1. The minimum Gasteiger partial charge on any atom is -0.347 e. The average Bonchev–Trinajstić information content (AvgIpc) is 3.35. The van der Waals surface area contributed by atoms with Crippen LogP contribution in [0.2, 0.25) is 0 Å². The smallest absolute Gasteiger partial charge is 0.252 e. The van der Waals surface area contributed by atoms with E-state index in [1.165, 1.54) is 30.5 Å². The Morgan fingerprint density at radius 1 is 1.29 bits per heavy atom. The molecule has 2 aromatic rings. The molecule has 1 saturated heterocycles. The van der Waals surface area contributed by atoms with Gasteiger partial charge in [0.25, 0.3) is 5.91 Å². The first-order chi connectivity index (χ1) is 13.5. The van der Waals surface area contributed by atoms with Gasteiger partial charge in [-0.1, -0.05) is 38.1 Å². The zero-order chi connectivity index (χ0) is 19.7. The Bertz CT molecular complexity index is 814. The van der Waals surface area contributed by atoms with Gasteiger partial charge in [-0.15, -0.1) is 0 Å². The van der Waals surface area contributed by atoms with E-state index in [9.17, 15) is 4.79 Å². The van der Waals surface area contributed by atoms with Gasteiger partial charge in [0.05, 0.1) is 6.04 Å². The second-order valence-electron chi connectivity index (χ2n) is 8.82. The Labute approximate surface area is 173 Å². The number of hydrogen-bond donors (Lipinski definition) is 1. The number of nitrogens with zero attached hydrogens (tertiary/aromatic N) is 1. The maximum absolute atomic E-state index is 13.0. The molecule has 1 N–H and O–H groups in total. The number of benzene rings is 1. The van der Waals surface area contributed by atoms with Gasteiger partial charge in [-0.25, -0.2) is 0 Å². The van der Waals surface area contributed by atoms with Crippen molar-refractivity contribution >= 4 is 17.2 Å². The van der Waals surface area contributed by atoms with Crippen molar-refractivity contribution < 1.29 is 4.79 Å². The van der Waals surface area contributed by atoms with Crippen LogP contribution in [0.15, 0.2) is 41.1 Å². The third kappa shape index (κ3) is 3.77. The summed E-state index contributed by atoms with van der Waals surface area (Å²) in [5.74, 6) is 0.925. The quantitative estimate of drug-likeness (QED) is 0.755. The number of nitrogens with one attached hydrogen (secondary N) is 1. The molecule has 3 nitrogen and oxygen atoms in total. The van der Waals surface area contributed by atoms with Crippen molar-refractivity contribution in [2.24, 2.45) is 5.92 Å². The molecule has 1 amide bonds. The molecule has 0 bridgehead atoms. The minimum absolute atomic E-state index is 0.0578. The second kappa shape index (κ2) is 8.00. The van der Waals surface area contributed by atoms with Crippen molar-refractivity contribution in [1.82, 2.24) is 10.2 Å². The Kier molecular flexibility index (Phi) is 5.62. The van der Waals surface area contributed by atoms with Gasteiger partial charge in [0.1, 0.15) is 0 Å². The van der Waals surface area contributed by atoms with Crippen molar-refractivity contribution in [3.63, 3.8) is 0 Å². The van der Waals surface area contributed by atoms with Gasteiger partial charge in [0, 0.05) is 28.9 Å². The van der Waals surface area contributed by atoms with Crippen molar-refractivity contribution in [3.8, 4) is 0 Å². The number of carbonyl (C=O) groups is 1. The summed E-state index contributed by atoms with van der Waals surface area (Å²) in [7, 11) is 0. The minimum atomic E-state index is -0.0578. The molecule has 1 aromatic heterocycles. The number of rotatable bonds is 6. The third-order valence-electron chi connectivity index (χ3n) is 6.94. The summed E-state index contributed by atoms with van der Waals surface area (Å²) in [6.45, 7) is 9.19. The van der Waals surface area contributed by atoms with Crippen LogP contribution in [-0.2, 0) is 11.8 Å². The number of amides is 1. The normalized spacial score (nSPS) is 28.2. The van der Waals surface area contributed by atoms with Gasteiger partial charge in [-0.05, 0) is 67.6 Å². The molecule has 0 unspecified atom stereocenters. The summed E-state index contributed by atoms with van der Waals surface area (Å²) in [6.07, 6.45) is 4.84. The lowest BCUT2D eigenvalue weighted by atomic mass is 9.66. The molecular weight excluding hydrogens is 364 g/mol. The lowest BCUT2D eigenvalue weighted by molar-refractivity contribution is 0.0551. The summed E-state index contributed by atoms with van der Waals surface area (Å²) in [6, 6.07) is 11.2. The molecule has 2 aliphatic rings. The van der Waals surface area contributed by atoms with Crippen LogP contribution in [0.4, 0.5) is 0 Å². The van der Waals surface area contributed by atoms with Gasteiger partial charge < -0.3 is 5.32 Å². The van der Waals surface area contributed by atoms with Crippen LogP contribution in [0.3, 0.4) is 0 Å². The molecule has 3 atom stereocenters. The van der Waals surface area contributed by atoms with Crippen LogP contribution in [0.1, 0.15) is 61.5 Å². The van der Waals surface area contributed by atoms with E-state index in [-0.39, 0.29) is 17.4 Å². The fraction of sp³-hybridized carbons (Fsp3) is 0.542. The zero-order valence-electron chi connectivity index (χ0n) is 17.3. The first-order valence-electron chi connectivity index (χ1n) is 10.7. The third-order valence-corrected chi connectivity index (χ3v) is 7.62. The van der Waals surface area contributed by atoms with Crippen LogP contribution < -0.4 is 5.32 Å². The van der Waals surface area contributed by atoms with E-state index in [0.717, 1.165) is 30.9 Å². The molecule has 2 heterocycles. The van der Waals surface area contributed by atoms with Crippen LogP contribution in [-0.4, -0.2) is 36.0 Å². The van der Waals surface area contributed by atoms with E-state index in [4.69, 9.17) is 0 Å². The van der Waals surface area contributed by atoms with Gasteiger partial charge in [-0.2, -0.15) is 11.3 Å². The maximum Gasteiger partial charge on any atom is 0.252 e. The van der Waals surface area contributed by atoms with Crippen molar-refractivity contribution in [2.45, 2.75) is 64.0 Å². The number of aryl methyl sites for hydroxylation is 1. The van der Waals surface area contributed by atoms with Crippen LogP contribution >= 0.6 is 11.3 Å². The van der Waals surface area contributed by atoms with Crippen LogP contribution in [0.25, 0.3) is 0 Å². The molecule has 1 aliphatic carbocycles. The summed E-state index contributed by atoms with van der Waals surface area (Å²) in [4.78, 5) is 15.6. The molecule has 0 radical (unpaired) electrons. The number of hydrogen-bond acceptors (Lipinski definition) is 3. The molecule has 1 aliphatic heterocycles. The van der Waals surface area contributed by atoms with Gasteiger partial charge in [-0.3, -0.25) is 9.69 Å². The molecule has 1 aromatic carbocycles. The van der Waals surface area contributed by atoms with Gasteiger partial charge in [0.2, 0.25) is 0 Å². The van der Waals surface area contributed by atoms with E-state index in [2.05, 4.69) is 55.3 Å². The summed E-state index contributed by atoms with van der Waals surface area (Å²) >= 11 is 1.58. The highest BCUT2D eigenvalue weighted by Crippen LogP contribution is 2.41. The molecule has 150 valence electrons. The van der Waals surface area contributed by atoms with Crippen molar-refractivity contribution in [2.75, 3.05) is 13.1 Å². The lowest BCUT2D eigenvalue weighted by Gasteiger charge is -2.51. The Morgan fingerprint density at radius 2 is 2.07 bits per heavy atom. The molecule has 28 heavy (non-hydrogen) atoms. The molecule has 0 spiro atoms. The Hall–Kier alpha value is -1.65. The first-order valence-corrected chi connectivity index (χ1v) is 11.6. The second-order valence-corrected chi connectivity index (χ2v) is 9.60. The predicted octanol–water partition coefficient (Wildman–Crippen LogP) is 4.87. The SMILES string of the molecule is CCc1ccccc1[C@@]1(C)CCN(CC2CC2)[C@H](C)[C@@H]1NC(=O)c1ccsc1. The Balaban J connectivity index is 1.67. The van der Waals surface area contributed by atoms with Crippen LogP contribution in [0.5, 0.6) is 0 Å². The maximum atomic E-state index is 13.0. The topological polar surface area (TPSA) is 32.3 Å². The highest BCUT2D eigenvalue weighted by atomic mass is 32.1. The first kappa shape index (κ1) is 19.7. The van der Waals surface area contributed by atoms with Gasteiger partial charge >= 0.3 is 0 Å². The number of likely N-dealkylation sites (tertiary alicyclic amines) is 1. The number of piperidine rings is 1. The molecule has 4 rings (SSSR count).